The van der Waals surface area contributed by atoms with Gasteiger partial charge in [-0.1, -0.05) is 58.3 Å². The molecule has 0 aliphatic heterocycles. The van der Waals surface area contributed by atoms with Crippen molar-refractivity contribution < 1.29 is 19.0 Å². The minimum absolute atomic E-state index is 0.291. The molecule has 5 nitrogen and oxygen atoms in total. The molecule has 0 atom stereocenters. The molecule has 0 aromatic heterocycles. The largest absolute Gasteiger partial charge is 0.463 e. The molecule has 0 rings (SSSR count). The Hall–Kier alpha value is -1.07. The Morgan fingerprint density at radius 3 is 1.89 bits per heavy atom. The molecular formula is C22H43NO4. The van der Waals surface area contributed by atoms with Crippen LogP contribution in [-0.2, 0) is 19.0 Å². The number of carbonyl (C=O) groups is 1. The van der Waals surface area contributed by atoms with E-state index in [1.165, 1.54) is 51.4 Å². The van der Waals surface area contributed by atoms with Crippen LogP contribution in [0, 0.1) is 0 Å². The van der Waals surface area contributed by atoms with Gasteiger partial charge in [0.15, 0.2) is 6.29 Å². The molecule has 0 aromatic carbocycles. The average molecular weight is 386 g/mol. The summed E-state index contributed by atoms with van der Waals surface area (Å²) in [5.41, 5.74) is 0.904. The molecule has 27 heavy (non-hydrogen) atoms. The molecule has 1 N–H and O–H groups in total. The van der Waals surface area contributed by atoms with Crippen LogP contribution in [0.2, 0.25) is 0 Å². The molecule has 0 bridgehead atoms. The van der Waals surface area contributed by atoms with Crippen molar-refractivity contribution in [3.05, 3.63) is 11.8 Å². The fraction of sp³-hybridized carbons (Fsp3) is 0.864. The van der Waals surface area contributed by atoms with E-state index in [2.05, 4.69) is 12.2 Å². The van der Waals surface area contributed by atoms with Gasteiger partial charge in [0.25, 0.3) is 0 Å². The summed E-state index contributed by atoms with van der Waals surface area (Å²) < 4.78 is 16.2. The molecule has 0 fully saturated rings. The zero-order valence-corrected chi connectivity index (χ0v) is 18.2. The van der Waals surface area contributed by atoms with Crippen LogP contribution in [0.1, 0.15) is 91.9 Å². The van der Waals surface area contributed by atoms with E-state index in [0.29, 0.717) is 26.4 Å². The third-order valence-corrected chi connectivity index (χ3v) is 4.33. The monoisotopic (exact) mass is 385 g/mol. The van der Waals surface area contributed by atoms with E-state index in [1.807, 2.05) is 20.8 Å². The van der Waals surface area contributed by atoms with Gasteiger partial charge in [0.1, 0.15) is 0 Å². The van der Waals surface area contributed by atoms with Gasteiger partial charge in [-0.15, -0.1) is 0 Å². The molecule has 5 heteroatoms. The number of hydrogen-bond acceptors (Lipinski definition) is 5. The van der Waals surface area contributed by atoms with E-state index in [1.54, 1.807) is 6.08 Å². The highest BCUT2D eigenvalue weighted by molar-refractivity contribution is 5.82. The van der Waals surface area contributed by atoms with Crippen molar-refractivity contribution in [2.75, 3.05) is 26.4 Å². The molecule has 160 valence electrons. The number of unbranched alkanes of at least 4 members (excludes halogenated alkanes) is 8. The molecule has 0 saturated carbocycles. The van der Waals surface area contributed by atoms with E-state index < -0.39 is 0 Å². The van der Waals surface area contributed by atoms with Crippen LogP contribution in [0.3, 0.4) is 0 Å². The maximum absolute atomic E-state index is 11.8. The van der Waals surface area contributed by atoms with Crippen molar-refractivity contribution in [2.45, 2.75) is 98.2 Å². The van der Waals surface area contributed by atoms with Crippen LogP contribution in [-0.4, -0.2) is 38.6 Å². The van der Waals surface area contributed by atoms with Gasteiger partial charge in [0, 0.05) is 25.0 Å². The van der Waals surface area contributed by atoms with Crippen molar-refractivity contribution in [3.8, 4) is 0 Å². The van der Waals surface area contributed by atoms with Gasteiger partial charge >= 0.3 is 5.97 Å². The number of rotatable bonds is 19. The Kier molecular flexibility index (Phi) is 18.9. The second-order valence-electron chi connectivity index (χ2n) is 6.72. The molecule has 0 amide bonds. The first kappa shape index (κ1) is 25.9. The second kappa shape index (κ2) is 19.7. The standard InChI is InChI=1S/C22H43NO4/c1-5-9-10-11-12-13-14-15-16-17-20(18-21(24)25-6-2)23-19-22(26-7-3)27-8-4/h18,22-23H,5-17,19H2,1-4H3/b20-18+. The zero-order chi connectivity index (χ0) is 20.2. The van der Waals surface area contributed by atoms with Crippen LogP contribution in [0.25, 0.3) is 0 Å². The summed E-state index contributed by atoms with van der Waals surface area (Å²) in [6, 6.07) is 0. The fourth-order valence-corrected chi connectivity index (χ4v) is 2.92. The van der Waals surface area contributed by atoms with Gasteiger partial charge in [-0.3, -0.25) is 0 Å². The molecule has 0 aliphatic rings. The predicted molar refractivity (Wildman–Crippen MR) is 112 cm³/mol. The summed E-state index contributed by atoms with van der Waals surface area (Å²) in [6.45, 7) is 10.1. The summed E-state index contributed by atoms with van der Waals surface area (Å²) >= 11 is 0. The van der Waals surface area contributed by atoms with Crippen LogP contribution >= 0.6 is 0 Å². The highest BCUT2D eigenvalue weighted by Gasteiger charge is 2.10. The highest BCUT2D eigenvalue weighted by atomic mass is 16.7. The predicted octanol–water partition coefficient (Wildman–Crippen LogP) is 5.34. The highest BCUT2D eigenvalue weighted by Crippen LogP contribution is 2.13. The normalized spacial score (nSPS) is 11.8. The lowest BCUT2D eigenvalue weighted by atomic mass is 10.1. The summed E-state index contributed by atoms with van der Waals surface area (Å²) in [5, 5.41) is 3.31. The Bertz CT molecular complexity index is 365. The summed E-state index contributed by atoms with van der Waals surface area (Å²) in [5.74, 6) is -0.291. The SMILES string of the molecule is CCCCCCCCCCC/C(=C\C(=O)OCC)NCC(OCC)OCC. The summed E-state index contributed by atoms with van der Waals surface area (Å²) in [7, 11) is 0. The molecular weight excluding hydrogens is 342 g/mol. The smallest absolute Gasteiger partial charge is 0.332 e. The Balaban J connectivity index is 4.22. The van der Waals surface area contributed by atoms with Crippen molar-refractivity contribution in [2.24, 2.45) is 0 Å². The van der Waals surface area contributed by atoms with Gasteiger partial charge in [0.05, 0.1) is 13.2 Å². The maximum atomic E-state index is 11.8. The number of carbonyl (C=O) groups excluding carboxylic acids is 1. The second-order valence-corrected chi connectivity index (χ2v) is 6.72. The lowest BCUT2D eigenvalue weighted by molar-refractivity contribution is -0.137. The lowest BCUT2D eigenvalue weighted by Gasteiger charge is -2.19. The number of allylic oxidation sites excluding steroid dienone is 1. The van der Waals surface area contributed by atoms with E-state index >= 15 is 0 Å². The average Bonchev–Trinajstić information content (AvgIpc) is 2.65. The Morgan fingerprint density at radius 1 is 0.815 bits per heavy atom. The first-order valence-corrected chi connectivity index (χ1v) is 11.0. The minimum Gasteiger partial charge on any atom is -0.463 e. The maximum Gasteiger partial charge on any atom is 0.332 e. The first-order chi connectivity index (χ1) is 13.2. The number of hydrogen-bond donors (Lipinski definition) is 1. The van der Waals surface area contributed by atoms with Crippen molar-refractivity contribution >= 4 is 5.97 Å². The Morgan fingerprint density at radius 2 is 1.37 bits per heavy atom. The summed E-state index contributed by atoms with van der Waals surface area (Å²) in [4.78, 5) is 11.8. The van der Waals surface area contributed by atoms with E-state index in [0.717, 1.165) is 18.5 Å². The molecule has 0 unspecified atom stereocenters. The van der Waals surface area contributed by atoms with Gasteiger partial charge in [-0.05, 0) is 33.6 Å². The quantitative estimate of drug-likeness (QED) is 0.141. The van der Waals surface area contributed by atoms with Crippen LogP contribution in [0.5, 0.6) is 0 Å². The fourth-order valence-electron chi connectivity index (χ4n) is 2.92. The van der Waals surface area contributed by atoms with E-state index in [-0.39, 0.29) is 12.3 Å². The Labute approximate surface area is 167 Å². The lowest BCUT2D eigenvalue weighted by Crippen LogP contribution is -2.31. The molecule has 0 aliphatic carbocycles. The van der Waals surface area contributed by atoms with Gasteiger partial charge in [-0.2, -0.15) is 0 Å². The van der Waals surface area contributed by atoms with Crippen LogP contribution < -0.4 is 5.32 Å². The van der Waals surface area contributed by atoms with Gasteiger partial charge in [-0.25, -0.2) is 4.79 Å². The molecule has 0 saturated heterocycles. The first-order valence-electron chi connectivity index (χ1n) is 11.0. The van der Waals surface area contributed by atoms with Crippen molar-refractivity contribution in [1.29, 1.82) is 0 Å². The van der Waals surface area contributed by atoms with Crippen molar-refractivity contribution in [1.82, 2.24) is 5.32 Å². The van der Waals surface area contributed by atoms with E-state index in [4.69, 9.17) is 14.2 Å². The molecule has 0 heterocycles. The van der Waals surface area contributed by atoms with Crippen LogP contribution in [0.4, 0.5) is 0 Å². The molecule has 0 radical (unpaired) electrons. The summed E-state index contributed by atoms with van der Waals surface area (Å²) in [6.07, 6.45) is 13.7. The van der Waals surface area contributed by atoms with Gasteiger partial charge < -0.3 is 19.5 Å². The van der Waals surface area contributed by atoms with Gasteiger partial charge in [0.2, 0.25) is 0 Å². The minimum atomic E-state index is -0.297. The third-order valence-electron chi connectivity index (χ3n) is 4.33. The number of esters is 1. The third kappa shape index (κ3) is 16.8. The number of nitrogens with one attached hydrogen (secondary N) is 1. The molecule has 0 spiro atoms. The van der Waals surface area contributed by atoms with Crippen molar-refractivity contribution in [3.63, 3.8) is 0 Å². The topological polar surface area (TPSA) is 56.8 Å². The van der Waals surface area contributed by atoms with E-state index in [9.17, 15) is 4.79 Å². The molecule has 0 aromatic rings. The van der Waals surface area contributed by atoms with Crippen LogP contribution in [0.15, 0.2) is 11.8 Å². The zero-order valence-electron chi connectivity index (χ0n) is 18.2. The number of ether oxygens (including phenoxy) is 3.